The molecule has 0 aliphatic rings. The van der Waals surface area contributed by atoms with Crippen molar-refractivity contribution in [2.75, 3.05) is 26.1 Å². The number of benzene rings is 2. The van der Waals surface area contributed by atoms with Gasteiger partial charge in [0.2, 0.25) is 0 Å². The van der Waals surface area contributed by atoms with E-state index >= 15 is 0 Å². The predicted octanol–water partition coefficient (Wildman–Crippen LogP) is 4.85. The summed E-state index contributed by atoms with van der Waals surface area (Å²) < 4.78 is 24.9. The Balaban J connectivity index is 2.31. The van der Waals surface area contributed by atoms with Gasteiger partial charge in [-0.25, -0.2) is 9.18 Å². The first-order valence-corrected chi connectivity index (χ1v) is 7.99. The van der Waals surface area contributed by atoms with Gasteiger partial charge in [0.15, 0.2) is 0 Å². The van der Waals surface area contributed by atoms with Crippen LogP contribution in [0.5, 0.6) is 0 Å². The molecule has 0 radical (unpaired) electrons. The molecular formula is C18H15BrFNO3. The van der Waals surface area contributed by atoms with Crippen LogP contribution in [0.15, 0.2) is 45.3 Å². The lowest BCUT2D eigenvalue weighted by Crippen LogP contribution is -2.09. The number of halogens is 2. The van der Waals surface area contributed by atoms with Crippen molar-refractivity contribution in [2.45, 2.75) is 0 Å². The SMILES string of the molecule is COC(=O)c1c(-c2ccc(F)cc2)oc2cc(N(C)C)c(Br)cc12. The molecule has 0 atom stereocenters. The van der Waals surface area contributed by atoms with Gasteiger partial charge in [-0.1, -0.05) is 0 Å². The summed E-state index contributed by atoms with van der Waals surface area (Å²) in [6.07, 6.45) is 0. The lowest BCUT2D eigenvalue weighted by atomic mass is 10.1. The minimum Gasteiger partial charge on any atom is -0.465 e. The van der Waals surface area contributed by atoms with E-state index in [1.165, 1.54) is 19.2 Å². The summed E-state index contributed by atoms with van der Waals surface area (Å²) >= 11 is 3.51. The molecule has 0 aliphatic heterocycles. The van der Waals surface area contributed by atoms with Gasteiger partial charge >= 0.3 is 5.97 Å². The Kier molecular flexibility index (Phi) is 4.32. The van der Waals surface area contributed by atoms with Crippen LogP contribution >= 0.6 is 15.9 Å². The first kappa shape index (κ1) is 16.5. The fourth-order valence-corrected chi connectivity index (χ4v) is 3.26. The Morgan fingerprint density at radius 3 is 2.46 bits per heavy atom. The highest BCUT2D eigenvalue weighted by Crippen LogP contribution is 2.39. The molecule has 124 valence electrons. The van der Waals surface area contributed by atoms with Gasteiger partial charge in [0.25, 0.3) is 0 Å². The zero-order valence-corrected chi connectivity index (χ0v) is 15.0. The quantitative estimate of drug-likeness (QED) is 0.598. The van der Waals surface area contributed by atoms with Crippen molar-refractivity contribution in [2.24, 2.45) is 0 Å². The molecule has 0 saturated carbocycles. The van der Waals surface area contributed by atoms with Crippen molar-refractivity contribution in [1.29, 1.82) is 0 Å². The van der Waals surface area contributed by atoms with E-state index in [0.717, 1.165) is 10.2 Å². The smallest absolute Gasteiger partial charge is 0.342 e. The number of hydrogen-bond donors (Lipinski definition) is 0. The van der Waals surface area contributed by atoms with E-state index in [-0.39, 0.29) is 5.82 Å². The summed E-state index contributed by atoms with van der Waals surface area (Å²) in [6.45, 7) is 0. The van der Waals surface area contributed by atoms with Gasteiger partial charge in [0.1, 0.15) is 22.7 Å². The number of fused-ring (bicyclic) bond motifs is 1. The molecule has 6 heteroatoms. The highest BCUT2D eigenvalue weighted by Gasteiger charge is 2.24. The molecule has 4 nitrogen and oxygen atoms in total. The van der Waals surface area contributed by atoms with Crippen LogP contribution in [0.2, 0.25) is 0 Å². The average molecular weight is 392 g/mol. The molecule has 24 heavy (non-hydrogen) atoms. The standard InChI is InChI=1S/C18H15BrFNO3/c1-21(2)14-9-15-12(8-13(14)19)16(18(22)23-3)17(24-15)10-4-6-11(20)7-5-10/h4-9H,1-3H3. The Morgan fingerprint density at radius 2 is 1.88 bits per heavy atom. The Hall–Kier alpha value is -2.34. The monoisotopic (exact) mass is 391 g/mol. The minimum absolute atomic E-state index is 0.324. The van der Waals surface area contributed by atoms with E-state index in [4.69, 9.17) is 9.15 Å². The lowest BCUT2D eigenvalue weighted by molar-refractivity contribution is 0.0603. The topological polar surface area (TPSA) is 42.7 Å². The van der Waals surface area contributed by atoms with E-state index in [1.807, 2.05) is 31.1 Å². The summed E-state index contributed by atoms with van der Waals surface area (Å²) in [4.78, 5) is 14.2. The van der Waals surface area contributed by atoms with Crippen LogP contribution in [0.3, 0.4) is 0 Å². The van der Waals surface area contributed by atoms with E-state index in [1.54, 1.807) is 12.1 Å². The molecule has 0 bridgehead atoms. The van der Waals surface area contributed by atoms with Gasteiger partial charge < -0.3 is 14.1 Å². The van der Waals surface area contributed by atoms with Crippen molar-refractivity contribution in [1.82, 2.24) is 0 Å². The molecule has 3 aromatic rings. The van der Waals surface area contributed by atoms with Crippen molar-refractivity contribution in [3.63, 3.8) is 0 Å². The molecule has 1 heterocycles. The maximum atomic E-state index is 13.2. The van der Waals surface area contributed by atoms with E-state index in [9.17, 15) is 9.18 Å². The van der Waals surface area contributed by atoms with Gasteiger partial charge in [-0.2, -0.15) is 0 Å². The molecule has 0 aliphatic carbocycles. The molecule has 2 aromatic carbocycles. The Labute approximate surface area is 146 Å². The first-order chi connectivity index (χ1) is 11.4. The highest BCUT2D eigenvalue weighted by atomic mass is 79.9. The second kappa shape index (κ2) is 6.28. The highest BCUT2D eigenvalue weighted by molar-refractivity contribution is 9.10. The van der Waals surface area contributed by atoms with Crippen molar-refractivity contribution in [3.8, 4) is 11.3 Å². The molecule has 0 saturated heterocycles. The van der Waals surface area contributed by atoms with Crippen LogP contribution in [-0.2, 0) is 4.74 Å². The Bertz CT molecular complexity index is 916. The number of carbonyl (C=O) groups excluding carboxylic acids is 1. The van der Waals surface area contributed by atoms with Crippen LogP contribution in [0, 0.1) is 5.82 Å². The predicted molar refractivity (Wildman–Crippen MR) is 95.0 cm³/mol. The van der Waals surface area contributed by atoms with Gasteiger partial charge in [0, 0.05) is 35.6 Å². The van der Waals surface area contributed by atoms with Gasteiger partial charge in [0.05, 0.1) is 12.8 Å². The summed E-state index contributed by atoms with van der Waals surface area (Å²) in [7, 11) is 5.15. The third-order valence-corrected chi connectivity index (χ3v) is 4.37. The normalized spacial score (nSPS) is 10.9. The maximum Gasteiger partial charge on any atom is 0.342 e. The van der Waals surface area contributed by atoms with E-state index in [0.29, 0.717) is 27.9 Å². The number of rotatable bonds is 3. The van der Waals surface area contributed by atoms with Crippen LogP contribution in [0.25, 0.3) is 22.3 Å². The van der Waals surface area contributed by atoms with Gasteiger partial charge in [-0.3, -0.25) is 0 Å². The molecule has 0 fully saturated rings. The molecule has 0 amide bonds. The fraction of sp³-hybridized carbons (Fsp3) is 0.167. The number of carbonyl (C=O) groups is 1. The summed E-state index contributed by atoms with van der Waals surface area (Å²) in [5.74, 6) is -0.496. The zero-order chi connectivity index (χ0) is 17.4. The molecule has 3 rings (SSSR count). The second-order valence-corrected chi connectivity index (χ2v) is 6.35. The van der Waals surface area contributed by atoms with Crippen molar-refractivity contribution in [3.05, 3.63) is 52.3 Å². The summed E-state index contributed by atoms with van der Waals surface area (Å²) in [6, 6.07) is 9.46. The number of esters is 1. The summed E-state index contributed by atoms with van der Waals surface area (Å²) in [5.41, 5.74) is 2.40. The van der Waals surface area contributed by atoms with E-state index in [2.05, 4.69) is 15.9 Å². The van der Waals surface area contributed by atoms with Gasteiger partial charge in [-0.05, 0) is 46.3 Å². The van der Waals surface area contributed by atoms with Crippen molar-refractivity contribution >= 4 is 38.6 Å². The van der Waals surface area contributed by atoms with Crippen LogP contribution in [-0.4, -0.2) is 27.2 Å². The third kappa shape index (κ3) is 2.78. The van der Waals surface area contributed by atoms with Crippen LogP contribution in [0.1, 0.15) is 10.4 Å². The van der Waals surface area contributed by atoms with Crippen molar-refractivity contribution < 1.29 is 18.3 Å². The number of methoxy groups -OCH3 is 1. The van der Waals surface area contributed by atoms with E-state index < -0.39 is 5.97 Å². The Morgan fingerprint density at radius 1 is 1.21 bits per heavy atom. The van der Waals surface area contributed by atoms with Gasteiger partial charge in [-0.15, -0.1) is 0 Å². The third-order valence-electron chi connectivity index (χ3n) is 3.74. The zero-order valence-electron chi connectivity index (χ0n) is 13.4. The first-order valence-electron chi connectivity index (χ1n) is 7.20. The largest absolute Gasteiger partial charge is 0.465 e. The number of anilines is 1. The van der Waals surface area contributed by atoms with Crippen LogP contribution < -0.4 is 4.90 Å². The molecular weight excluding hydrogens is 377 g/mol. The number of furan rings is 1. The number of nitrogens with zero attached hydrogens (tertiary/aromatic N) is 1. The molecule has 0 spiro atoms. The fourth-order valence-electron chi connectivity index (χ4n) is 2.56. The molecule has 1 aromatic heterocycles. The molecule has 0 N–H and O–H groups in total. The summed E-state index contributed by atoms with van der Waals surface area (Å²) in [5, 5.41) is 0.638. The molecule has 0 unspecified atom stereocenters. The lowest BCUT2D eigenvalue weighted by Gasteiger charge is -2.14. The second-order valence-electron chi connectivity index (χ2n) is 5.50. The maximum absolute atomic E-state index is 13.2. The number of ether oxygens (including phenoxy) is 1. The average Bonchev–Trinajstić information content (AvgIpc) is 2.92. The minimum atomic E-state index is -0.502. The van der Waals surface area contributed by atoms with Crippen LogP contribution in [0.4, 0.5) is 10.1 Å². The number of hydrogen-bond acceptors (Lipinski definition) is 4.